The molecule has 1 aliphatic heterocycles. The number of methoxy groups -OCH3 is 1. The fraction of sp³-hybridized carbons (Fsp3) is 0.118. The summed E-state index contributed by atoms with van der Waals surface area (Å²) in [6.45, 7) is -0.428. The average Bonchev–Trinajstić information content (AvgIpc) is 3.14. The second kappa shape index (κ2) is 7.57. The maximum atomic E-state index is 12.3. The van der Waals surface area contributed by atoms with Crippen LogP contribution < -0.4 is 0 Å². The van der Waals surface area contributed by atoms with Crippen LogP contribution in [0.25, 0.3) is 17.4 Å². The summed E-state index contributed by atoms with van der Waals surface area (Å²) in [5, 5.41) is 0.392. The third kappa shape index (κ3) is 3.95. The molecule has 2 amide bonds. The number of amides is 2. The van der Waals surface area contributed by atoms with Crippen molar-refractivity contribution in [3.05, 3.63) is 51.0 Å². The number of imide groups is 1. The Labute approximate surface area is 162 Å². The fourth-order valence-corrected chi connectivity index (χ4v) is 3.59. The van der Waals surface area contributed by atoms with Crippen LogP contribution in [0.15, 0.2) is 39.7 Å². The van der Waals surface area contributed by atoms with Crippen molar-refractivity contribution in [2.45, 2.75) is 0 Å². The number of carbonyl (C=O) groups excluding carboxylic acids is 3. The van der Waals surface area contributed by atoms with Crippen LogP contribution in [-0.4, -0.2) is 35.7 Å². The summed E-state index contributed by atoms with van der Waals surface area (Å²) in [5.41, 5.74) is 0.681. The number of halogens is 2. The van der Waals surface area contributed by atoms with Gasteiger partial charge in [-0.1, -0.05) is 23.2 Å². The SMILES string of the molecule is COC(=O)CN1C(=O)S/C(=C\c2ccc(-c3cc(Cl)cc(Cl)c3)o2)C1=O. The molecule has 1 aromatic heterocycles. The van der Waals surface area contributed by atoms with Crippen molar-refractivity contribution in [1.29, 1.82) is 0 Å². The average molecular weight is 412 g/mol. The lowest BCUT2D eigenvalue weighted by Crippen LogP contribution is -2.34. The summed E-state index contributed by atoms with van der Waals surface area (Å²) in [7, 11) is 1.18. The lowest BCUT2D eigenvalue weighted by atomic mass is 10.2. The first-order valence-corrected chi connectivity index (χ1v) is 8.83. The Morgan fingerprint density at radius 1 is 1.23 bits per heavy atom. The van der Waals surface area contributed by atoms with Crippen molar-refractivity contribution < 1.29 is 23.5 Å². The molecule has 134 valence electrons. The van der Waals surface area contributed by atoms with Gasteiger partial charge in [0.15, 0.2) is 0 Å². The number of hydrogen-bond donors (Lipinski definition) is 0. The molecule has 0 spiro atoms. The van der Waals surface area contributed by atoms with Gasteiger partial charge in [-0.15, -0.1) is 0 Å². The maximum Gasteiger partial charge on any atom is 0.325 e. The van der Waals surface area contributed by atoms with Gasteiger partial charge >= 0.3 is 5.97 Å². The summed E-state index contributed by atoms with van der Waals surface area (Å²) in [5.74, 6) is -0.366. The first-order valence-electron chi connectivity index (χ1n) is 7.26. The highest BCUT2D eigenvalue weighted by Gasteiger charge is 2.36. The van der Waals surface area contributed by atoms with Crippen LogP contribution in [-0.2, 0) is 14.3 Å². The molecule has 1 saturated heterocycles. The molecule has 26 heavy (non-hydrogen) atoms. The van der Waals surface area contributed by atoms with Crippen molar-refractivity contribution in [3.63, 3.8) is 0 Å². The molecule has 3 rings (SSSR count). The topological polar surface area (TPSA) is 76.8 Å². The van der Waals surface area contributed by atoms with Gasteiger partial charge in [0.25, 0.3) is 11.1 Å². The molecular formula is C17H11Cl2NO5S. The van der Waals surface area contributed by atoms with Crippen LogP contribution in [0.4, 0.5) is 4.79 Å². The first-order chi connectivity index (χ1) is 12.4. The van der Waals surface area contributed by atoms with Gasteiger partial charge in [-0.3, -0.25) is 19.3 Å². The molecule has 1 aromatic carbocycles. The van der Waals surface area contributed by atoms with E-state index in [0.29, 0.717) is 27.1 Å². The summed E-state index contributed by atoms with van der Waals surface area (Å²) < 4.78 is 10.2. The quantitative estimate of drug-likeness (QED) is 0.545. The van der Waals surface area contributed by atoms with Crippen LogP contribution in [0.2, 0.25) is 10.0 Å². The highest BCUT2D eigenvalue weighted by molar-refractivity contribution is 8.18. The third-order valence-electron chi connectivity index (χ3n) is 3.44. The number of benzene rings is 1. The van der Waals surface area contributed by atoms with Gasteiger partial charge in [0.05, 0.1) is 12.0 Å². The number of thioether (sulfide) groups is 1. The zero-order valence-corrected chi connectivity index (χ0v) is 15.7. The van der Waals surface area contributed by atoms with E-state index in [1.54, 1.807) is 30.3 Å². The summed E-state index contributed by atoms with van der Waals surface area (Å²) in [6, 6.07) is 8.35. The van der Waals surface area contributed by atoms with Crippen molar-refractivity contribution in [2.75, 3.05) is 13.7 Å². The van der Waals surface area contributed by atoms with E-state index in [2.05, 4.69) is 4.74 Å². The number of carbonyl (C=O) groups is 3. The number of nitrogens with zero attached hydrogens (tertiary/aromatic N) is 1. The van der Waals surface area contributed by atoms with E-state index < -0.39 is 23.7 Å². The number of rotatable bonds is 4. The van der Waals surface area contributed by atoms with Crippen molar-refractivity contribution in [1.82, 2.24) is 4.90 Å². The predicted molar refractivity (Wildman–Crippen MR) is 98.9 cm³/mol. The van der Waals surface area contributed by atoms with Crippen LogP contribution in [0.5, 0.6) is 0 Å². The highest BCUT2D eigenvalue weighted by atomic mass is 35.5. The molecule has 2 heterocycles. The van der Waals surface area contributed by atoms with Gasteiger partial charge in [0.2, 0.25) is 0 Å². The molecule has 6 nitrogen and oxygen atoms in total. The normalized spacial score (nSPS) is 15.8. The van der Waals surface area contributed by atoms with Gasteiger partial charge in [0.1, 0.15) is 18.1 Å². The molecule has 0 bridgehead atoms. The molecule has 0 unspecified atom stereocenters. The molecular weight excluding hydrogens is 401 g/mol. The Hall–Kier alpha value is -2.22. The minimum Gasteiger partial charge on any atom is -0.468 e. The zero-order chi connectivity index (χ0) is 18.8. The van der Waals surface area contributed by atoms with Gasteiger partial charge in [-0.05, 0) is 42.1 Å². The number of esters is 1. The lowest BCUT2D eigenvalue weighted by molar-refractivity contribution is -0.143. The standard InChI is InChI=1S/C17H11Cl2NO5S/c1-24-15(21)8-20-16(22)14(26-17(20)23)7-12-2-3-13(25-12)9-4-10(18)6-11(19)5-9/h2-7H,8H2,1H3/b14-7-. The van der Waals surface area contributed by atoms with E-state index in [-0.39, 0.29) is 4.91 Å². The molecule has 0 radical (unpaired) electrons. The van der Waals surface area contributed by atoms with E-state index in [9.17, 15) is 14.4 Å². The van der Waals surface area contributed by atoms with Crippen molar-refractivity contribution >= 4 is 58.2 Å². The first kappa shape index (κ1) is 18.6. The minimum atomic E-state index is -0.674. The Morgan fingerprint density at radius 2 is 1.92 bits per heavy atom. The van der Waals surface area contributed by atoms with Crippen LogP contribution in [0.1, 0.15) is 5.76 Å². The summed E-state index contributed by atoms with van der Waals surface area (Å²) in [6.07, 6.45) is 1.44. The molecule has 1 fully saturated rings. The largest absolute Gasteiger partial charge is 0.468 e. The number of hydrogen-bond acceptors (Lipinski definition) is 6. The van der Waals surface area contributed by atoms with Gasteiger partial charge in [0, 0.05) is 21.7 Å². The van der Waals surface area contributed by atoms with E-state index in [0.717, 1.165) is 16.7 Å². The molecule has 0 atom stereocenters. The van der Waals surface area contributed by atoms with E-state index in [4.69, 9.17) is 27.6 Å². The predicted octanol–water partition coefficient (Wildman–Crippen LogP) is 4.46. The fourth-order valence-electron chi connectivity index (χ4n) is 2.24. The third-order valence-corrected chi connectivity index (χ3v) is 4.78. The Morgan fingerprint density at radius 3 is 2.58 bits per heavy atom. The van der Waals surface area contributed by atoms with E-state index >= 15 is 0 Å². The summed E-state index contributed by atoms with van der Waals surface area (Å²) >= 11 is 12.7. The number of furan rings is 1. The van der Waals surface area contributed by atoms with Crippen molar-refractivity contribution in [3.8, 4) is 11.3 Å². The van der Waals surface area contributed by atoms with E-state index in [1.807, 2.05) is 0 Å². The van der Waals surface area contributed by atoms with Gasteiger partial charge < -0.3 is 9.15 Å². The van der Waals surface area contributed by atoms with E-state index in [1.165, 1.54) is 13.2 Å². The molecule has 2 aromatic rings. The van der Waals surface area contributed by atoms with Crippen LogP contribution in [0, 0.1) is 0 Å². The number of ether oxygens (including phenoxy) is 1. The molecule has 0 N–H and O–H groups in total. The Kier molecular flexibility index (Phi) is 5.41. The second-order valence-electron chi connectivity index (χ2n) is 5.20. The minimum absolute atomic E-state index is 0.156. The second-order valence-corrected chi connectivity index (χ2v) is 7.07. The molecule has 0 aliphatic carbocycles. The zero-order valence-electron chi connectivity index (χ0n) is 13.3. The monoisotopic (exact) mass is 411 g/mol. The van der Waals surface area contributed by atoms with Crippen LogP contribution >= 0.6 is 35.0 Å². The lowest BCUT2D eigenvalue weighted by Gasteiger charge is -2.09. The maximum absolute atomic E-state index is 12.3. The van der Waals surface area contributed by atoms with Gasteiger partial charge in [-0.2, -0.15) is 0 Å². The molecule has 0 saturated carbocycles. The Balaban J connectivity index is 1.83. The molecule has 9 heteroatoms. The summed E-state index contributed by atoms with van der Waals surface area (Å²) in [4.78, 5) is 36.4. The van der Waals surface area contributed by atoms with Crippen LogP contribution in [0.3, 0.4) is 0 Å². The van der Waals surface area contributed by atoms with Gasteiger partial charge in [-0.25, -0.2) is 0 Å². The molecule has 1 aliphatic rings. The smallest absolute Gasteiger partial charge is 0.325 e. The Bertz CT molecular complexity index is 917. The van der Waals surface area contributed by atoms with Crippen molar-refractivity contribution in [2.24, 2.45) is 0 Å². The highest BCUT2D eigenvalue weighted by Crippen LogP contribution is 2.34.